The van der Waals surface area contributed by atoms with Gasteiger partial charge in [0.05, 0.1) is 21.5 Å². The lowest BCUT2D eigenvalue weighted by molar-refractivity contribution is -0.141. The molecular weight excluding hydrogens is 368 g/mol. The number of ether oxygens (including phenoxy) is 1. The van der Waals surface area contributed by atoms with Crippen molar-refractivity contribution in [1.82, 2.24) is 10.2 Å². The first-order chi connectivity index (χ1) is 11.3. The summed E-state index contributed by atoms with van der Waals surface area (Å²) < 4.78 is 44.9. The molecule has 0 aliphatic carbocycles. The number of alkyl halides is 3. The topological polar surface area (TPSA) is 87.7 Å². The van der Waals surface area contributed by atoms with Gasteiger partial charge in [0, 0.05) is 0 Å². The summed E-state index contributed by atoms with van der Waals surface area (Å²) >= 11 is 12.1. The zero-order chi connectivity index (χ0) is 17.6. The average Bonchev–Trinajstić information content (AvgIpc) is 2.92. The van der Waals surface area contributed by atoms with Gasteiger partial charge >= 0.3 is 6.18 Å². The molecule has 0 bridgehead atoms. The lowest BCUT2D eigenvalue weighted by atomic mass is 9.84. The molecule has 3 N–H and O–H groups in total. The fraction of sp³-hybridized carbons (Fsp3) is 0.143. The maximum atomic E-state index is 13.3. The van der Waals surface area contributed by atoms with Gasteiger partial charge in [-0.25, -0.2) is 0 Å². The predicted octanol–water partition coefficient (Wildman–Crippen LogP) is 3.95. The second-order valence-electron chi connectivity index (χ2n) is 4.88. The van der Waals surface area contributed by atoms with E-state index in [4.69, 9.17) is 33.7 Å². The van der Waals surface area contributed by atoms with E-state index in [0.717, 1.165) is 0 Å². The number of H-pyrrole nitrogens is 1. The Morgan fingerprint density at radius 1 is 1.33 bits per heavy atom. The molecule has 0 saturated carbocycles. The number of nitrogens with zero attached hydrogens (tertiary/aromatic N) is 2. The molecule has 1 aliphatic heterocycles. The van der Waals surface area contributed by atoms with Crippen LogP contribution in [0.5, 0.6) is 5.88 Å². The van der Waals surface area contributed by atoms with Gasteiger partial charge in [0.1, 0.15) is 17.3 Å². The van der Waals surface area contributed by atoms with Crippen molar-refractivity contribution in [3.05, 3.63) is 56.5 Å². The van der Waals surface area contributed by atoms with Crippen molar-refractivity contribution in [2.24, 2.45) is 5.73 Å². The highest BCUT2D eigenvalue weighted by atomic mass is 35.5. The Labute approximate surface area is 143 Å². The van der Waals surface area contributed by atoms with Crippen LogP contribution in [0.25, 0.3) is 0 Å². The highest BCUT2D eigenvalue weighted by molar-refractivity contribution is 6.42. The highest BCUT2D eigenvalue weighted by Gasteiger charge is 2.44. The molecule has 0 fully saturated rings. The average molecular weight is 375 g/mol. The number of benzene rings is 1. The van der Waals surface area contributed by atoms with Gasteiger partial charge < -0.3 is 10.5 Å². The van der Waals surface area contributed by atoms with Crippen LogP contribution in [-0.2, 0) is 6.18 Å². The van der Waals surface area contributed by atoms with Gasteiger partial charge in [0.25, 0.3) is 0 Å². The van der Waals surface area contributed by atoms with Crippen molar-refractivity contribution in [2.45, 2.75) is 12.1 Å². The monoisotopic (exact) mass is 374 g/mol. The summed E-state index contributed by atoms with van der Waals surface area (Å²) in [5, 5.41) is 14.9. The number of rotatable bonds is 1. The number of aromatic amines is 1. The first-order valence-electron chi connectivity index (χ1n) is 6.42. The Morgan fingerprint density at radius 2 is 2.04 bits per heavy atom. The third kappa shape index (κ3) is 2.46. The quantitative estimate of drug-likeness (QED) is 0.790. The Morgan fingerprint density at radius 3 is 2.67 bits per heavy atom. The number of nitrogens with one attached hydrogen (secondary N) is 1. The molecule has 0 saturated heterocycles. The van der Waals surface area contributed by atoms with Crippen molar-refractivity contribution < 1.29 is 17.9 Å². The molecule has 0 amide bonds. The number of halogens is 5. The van der Waals surface area contributed by atoms with Crippen molar-refractivity contribution >= 4 is 23.2 Å². The first kappa shape index (κ1) is 16.5. The molecule has 0 spiro atoms. The Kier molecular flexibility index (Phi) is 3.86. The van der Waals surface area contributed by atoms with Crippen LogP contribution >= 0.6 is 23.2 Å². The van der Waals surface area contributed by atoms with Crippen LogP contribution in [0.2, 0.25) is 10.0 Å². The molecule has 5 nitrogen and oxygen atoms in total. The zero-order valence-corrected chi connectivity index (χ0v) is 13.1. The molecule has 1 unspecified atom stereocenters. The summed E-state index contributed by atoms with van der Waals surface area (Å²) in [5.74, 6) is -1.91. The number of allylic oxidation sites excluding steroid dienone is 1. The van der Waals surface area contributed by atoms with Crippen LogP contribution in [0.1, 0.15) is 22.7 Å². The van der Waals surface area contributed by atoms with E-state index in [1.807, 2.05) is 5.10 Å². The molecule has 0 radical (unpaired) electrons. The minimum absolute atomic E-state index is 0.0203. The molecule has 10 heteroatoms. The van der Waals surface area contributed by atoms with E-state index in [0.29, 0.717) is 0 Å². The molecule has 2 aromatic rings. The molecule has 124 valence electrons. The molecular formula is C14H7Cl2F3N4O. The fourth-order valence-corrected chi connectivity index (χ4v) is 2.93. The van der Waals surface area contributed by atoms with Crippen LogP contribution in [-0.4, -0.2) is 10.2 Å². The number of nitriles is 1. The Balaban J connectivity index is 2.33. The third-order valence-corrected chi connectivity index (χ3v) is 4.35. The minimum Gasteiger partial charge on any atom is -0.420 e. The smallest absolute Gasteiger partial charge is 0.420 e. The van der Waals surface area contributed by atoms with Crippen molar-refractivity contribution in [2.75, 3.05) is 0 Å². The number of nitrogens with two attached hydrogens (primary N) is 1. The predicted molar refractivity (Wildman–Crippen MR) is 79.3 cm³/mol. The van der Waals surface area contributed by atoms with E-state index < -0.39 is 17.8 Å². The number of fused-ring (bicyclic) bond motifs is 1. The highest BCUT2D eigenvalue weighted by Crippen LogP contribution is 2.48. The third-order valence-electron chi connectivity index (χ3n) is 3.51. The molecule has 3 rings (SSSR count). The van der Waals surface area contributed by atoms with E-state index in [2.05, 4.69) is 5.10 Å². The standard InChI is InChI=1S/C14H7Cl2F3N4O/c15-7-3-1-2-5(10(7)16)8-6(4-20)12(21)24-13-9(8)11(22-23-13)14(17,18)19/h1-3,8H,21H2,(H,22,23). The molecule has 1 aliphatic rings. The van der Waals surface area contributed by atoms with Crippen molar-refractivity contribution in [1.29, 1.82) is 5.26 Å². The summed E-state index contributed by atoms with van der Waals surface area (Å²) in [7, 11) is 0. The maximum absolute atomic E-state index is 13.3. The van der Waals surface area contributed by atoms with Gasteiger partial charge in [-0.05, 0) is 11.6 Å². The molecule has 1 aromatic carbocycles. The Hall–Kier alpha value is -2.37. The minimum atomic E-state index is -4.74. The van der Waals surface area contributed by atoms with Crippen LogP contribution in [0, 0.1) is 11.3 Å². The Bertz CT molecular complexity index is 898. The van der Waals surface area contributed by atoms with Crippen LogP contribution < -0.4 is 10.5 Å². The second kappa shape index (κ2) is 5.61. The summed E-state index contributed by atoms with van der Waals surface area (Å²) in [5.41, 5.74) is 4.14. The molecule has 2 heterocycles. The normalized spacial score (nSPS) is 17.2. The molecule has 1 atom stereocenters. The summed E-state index contributed by atoms with van der Waals surface area (Å²) in [6.07, 6.45) is -4.74. The van der Waals surface area contributed by atoms with E-state index in [1.165, 1.54) is 18.2 Å². The van der Waals surface area contributed by atoms with Crippen LogP contribution in [0.4, 0.5) is 13.2 Å². The number of hydrogen-bond donors (Lipinski definition) is 2. The first-order valence-corrected chi connectivity index (χ1v) is 7.18. The summed E-state index contributed by atoms with van der Waals surface area (Å²) in [6.45, 7) is 0. The fourth-order valence-electron chi connectivity index (χ4n) is 2.52. The van der Waals surface area contributed by atoms with Gasteiger partial charge in [0.15, 0.2) is 0 Å². The van der Waals surface area contributed by atoms with Crippen LogP contribution in [0.3, 0.4) is 0 Å². The number of aromatic nitrogens is 2. The lowest BCUT2D eigenvalue weighted by Crippen LogP contribution is -2.23. The zero-order valence-electron chi connectivity index (χ0n) is 11.6. The van der Waals surface area contributed by atoms with Gasteiger partial charge in [0.2, 0.25) is 11.8 Å². The number of hydrogen-bond acceptors (Lipinski definition) is 4. The maximum Gasteiger partial charge on any atom is 0.433 e. The van der Waals surface area contributed by atoms with E-state index in [9.17, 15) is 18.4 Å². The van der Waals surface area contributed by atoms with E-state index >= 15 is 0 Å². The SMILES string of the molecule is N#CC1=C(N)Oc2n[nH]c(C(F)(F)F)c2C1c1cccc(Cl)c1Cl. The van der Waals surface area contributed by atoms with Gasteiger partial charge in [-0.2, -0.15) is 18.4 Å². The van der Waals surface area contributed by atoms with Crippen molar-refractivity contribution in [3.8, 4) is 11.9 Å². The van der Waals surface area contributed by atoms with E-state index in [1.54, 1.807) is 6.07 Å². The van der Waals surface area contributed by atoms with Crippen LogP contribution in [0.15, 0.2) is 29.7 Å². The largest absolute Gasteiger partial charge is 0.433 e. The van der Waals surface area contributed by atoms with Gasteiger partial charge in [-0.15, -0.1) is 5.10 Å². The second-order valence-corrected chi connectivity index (χ2v) is 5.67. The summed E-state index contributed by atoms with van der Waals surface area (Å²) in [6, 6.07) is 6.23. The lowest BCUT2D eigenvalue weighted by Gasteiger charge is -2.25. The van der Waals surface area contributed by atoms with Gasteiger partial charge in [-0.1, -0.05) is 35.3 Å². The van der Waals surface area contributed by atoms with Gasteiger partial charge in [-0.3, -0.25) is 5.10 Å². The summed E-state index contributed by atoms with van der Waals surface area (Å²) in [4.78, 5) is 0. The van der Waals surface area contributed by atoms with Crippen molar-refractivity contribution in [3.63, 3.8) is 0 Å². The molecule has 1 aromatic heterocycles. The molecule has 24 heavy (non-hydrogen) atoms. The van der Waals surface area contributed by atoms with E-state index in [-0.39, 0.29) is 38.5 Å².